The first kappa shape index (κ1) is 17.3. The van der Waals surface area contributed by atoms with Gasteiger partial charge in [0.15, 0.2) is 5.69 Å². The van der Waals surface area contributed by atoms with Gasteiger partial charge >= 0.3 is 6.18 Å². The van der Waals surface area contributed by atoms with E-state index in [9.17, 15) is 18.0 Å². The molecule has 124 valence electrons. The molecule has 2 aromatic rings. The zero-order valence-corrected chi connectivity index (χ0v) is 13.5. The molecule has 0 aliphatic carbocycles. The quantitative estimate of drug-likeness (QED) is 0.897. The molecule has 0 saturated heterocycles. The van der Waals surface area contributed by atoms with Crippen molar-refractivity contribution in [3.05, 3.63) is 46.2 Å². The summed E-state index contributed by atoms with van der Waals surface area (Å²) < 4.78 is 39.2. The van der Waals surface area contributed by atoms with E-state index in [1.165, 1.54) is 13.8 Å². The van der Waals surface area contributed by atoms with E-state index < -0.39 is 23.8 Å². The van der Waals surface area contributed by atoms with Gasteiger partial charge in [-0.3, -0.25) is 9.48 Å². The number of alkyl halides is 3. The van der Waals surface area contributed by atoms with Crippen molar-refractivity contribution in [2.24, 2.45) is 0 Å². The lowest BCUT2D eigenvalue weighted by Gasteiger charge is -2.16. The highest BCUT2D eigenvalue weighted by atomic mass is 35.5. The van der Waals surface area contributed by atoms with Crippen LogP contribution in [-0.4, -0.2) is 15.7 Å². The number of halogens is 4. The van der Waals surface area contributed by atoms with Gasteiger partial charge in [-0.15, -0.1) is 0 Å². The lowest BCUT2D eigenvalue weighted by atomic mass is 10.2. The van der Waals surface area contributed by atoms with Crippen molar-refractivity contribution in [3.8, 4) is 0 Å². The first-order valence-electron chi connectivity index (χ1n) is 6.80. The van der Waals surface area contributed by atoms with Crippen LogP contribution in [0.5, 0.6) is 0 Å². The summed E-state index contributed by atoms with van der Waals surface area (Å²) in [5.74, 6) is -0.477. The molecule has 0 fully saturated rings. The summed E-state index contributed by atoms with van der Waals surface area (Å²) in [6.45, 7) is 4.74. The molecule has 0 bridgehead atoms. The third-order valence-corrected chi connectivity index (χ3v) is 3.65. The summed E-state index contributed by atoms with van der Waals surface area (Å²) >= 11 is 5.88. The van der Waals surface area contributed by atoms with Crippen LogP contribution in [-0.2, 0) is 11.0 Å². The predicted molar refractivity (Wildman–Crippen MR) is 81.5 cm³/mol. The summed E-state index contributed by atoms with van der Waals surface area (Å²) in [6.07, 6.45) is -4.55. The maximum Gasteiger partial charge on any atom is 0.435 e. The van der Waals surface area contributed by atoms with Gasteiger partial charge in [0.05, 0.1) is 0 Å². The van der Waals surface area contributed by atoms with Crippen molar-refractivity contribution in [1.82, 2.24) is 9.78 Å². The fourth-order valence-electron chi connectivity index (χ4n) is 2.10. The number of hydrogen-bond acceptors (Lipinski definition) is 2. The van der Waals surface area contributed by atoms with Crippen LogP contribution in [0.25, 0.3) is 0 Å². The first-order chi connectivity index (χ1) is 10.6. The van der Waals surface area contributed by atoms with E-state index in [2.05, 4.69) is 10.4 Å². The predicted octanol–water partition coefficient (Wildman–Crippen LogP) is 4.37. The molecule has 23 heavy (non-hydrogen) atoms. The minimum absolute atomic E-state index is 0.253. The summed E-state index contributed by atoms with van der Waals surface area (Å²) in [5.41, 5.74) is 0.537. The Bertz CT molecular complexity index is 740. The SMILES string of the molecule is Cc1ccc(Cl)cc1NC(=O)C(C)n1nc(C(F)(F)F)cc1C. The number of amides is 1. The monoisotopic (exact) mass is 345 g/mol. The van der Waals surface area contributed by atoms with Crippen molar-refractivity contribution in [2.75, 3.05) is 5.32 Å². The number of nitrogens with zero attached hydrogens (tertiary/aromatic N) is 2. The molecule has 1 unspecified atom stereocenters. The third-order valence-electron chi connectivity index (χ3n) is 3.42. The van der Waals surface area contributed by atoms with Crippen molar-refractivity contribution in [3.63, 3.8) is 0 Å². The maximum atomic E-state index is 12.7. The van der Waals surface area contributed by atoms with Gasteiger partial charge in [-0.25, -0.2) is 0 Å². The fourth-order valence-corrected chi connectivity index (χ4v) is 2.27. The van der Waals surface area contributed by atoms with E-state index in [-0.39, 0.29) is 5.69 Å². The van der Waals surface area contributed by atoms with Gasteiger partial charge in [-0.2, -0.15) is 18.3 Å². The summed E-state index contributed by atoms with van der Waals surface area (Å²) in [6, 6.07) is 5.02. The first-order valence-corrected chi connectivity index (χ1v) is 7.17. The number of carbonyl (C=O) groups is 1. The van der Waals surface area contributed by atoms with E-state index in [0.717, 1.165) is 16.3 Å². The number of hydrogen-bond donors (Lipinski definition) is 1. The Hall–Kier alpha value is -2.02. The number of benzene rings is 1. The van der Waals surface area contributed by atoms with Crippen molar-refractivity contribution in [2.45, 2.75) is 33.0 Å². The van der Waals surface area contributed by atoms with Gasteiger partial charge in [0, 0.05) is 16.4 Å². The van der Waals surface area contributed by atoms with Gasteiger partial charge in [0.2, 0.25) is 5.91 Å². The second kappa shape index (κ2) is 6.23. The molecule has 1 aromatic heterocycles. The van der Waals surface area contributed by atoms with Crippen LogP contribution >= 0.6 is 11.6 Å². The minimum atomic E-state index is -4.55. The molecule has 1 atom stereocenters. The van der Waals surface area contributed by atoms with E-state index in [0.29, 0.717) is 10.7 Å². The molecule has 0 spiro atoms. The van der Waals surface area contributed by atoms with Crippen molar-refractivity contribution in [1.29, 1.82) is 0 Å². The molecule has 1 aromatic carbocycles. The molecule has 1 heterocycles. The molecule has 0 aliphatic heterocycles. The van der Waals surface area contributed by atoms with E-state index >= 15 is 0 Å². The van der Waals surface area contributed by atoms with E-state index in [1.54, 1.807) is 25.1 Å². The second-order valence-corrected chi connectivity index (χ2v) is 5.67. The van der Waals surface area contributed by atoms with Gasteiger partial charge in [0.1, 0.15) is 6.04 Å². The molecule has 0 radical (unpaired) electrons. The summed E-state index contributed by atoms with van der Waals surface area (Å²) in [5, 5.41) is 6.60. The molecule has 4 nitrogen and oxygen atoms in total. The minimum Gasteiger partial charge on any atom is -0.324 e. The van der Waals surface area contributed by atoms with Crippen LogP contribution in [0.2, 0.25) is 5.02 Å². The van der Waals surface area contributed by atoms with Gasteiger partial charge in [0.25, 0.3) is 0 Å². The molecule has 8 heteroatoms. The maximum absolute atomic E-state index is 12.7. The molecule has 2 rings (SSSR count). The Kier molecular flexibility index (Phi) is 4.70. The number of aryl methyl sites for hydroxylation is 2. The Balaban J connectivity index is 2.23. The van der Waals surface area contributed by atoms with Crippen molar-refractivity contribution >= 4 is 23.2 Å². The van der Waals surface area contributed by atoms with Crippen LogP contribution in [0.3, 0.4) is 0 Å². The second-order valence-electron chi connectivity index (χ2n) is 5.24. The highest BCUT2D eigenvalue weighted by molar-refractivity contribution is 6.31. The Labute approximate surface area is 136 Å². The largest absolute Gasteiger partial charge is 0.435 e. The zero-order chi connectivity index (χ0) is 17.4. The number of rotatable bonds is 3. The Morgan fingerprint density at radius 1 is 1.30 bits per heavy atom. The van der Waals surface area contributed by atoms with E-state index in [4.69, 9.17) is 11.6 Å². The van der Waals surface area contributed by atoms with Gasteiger partial charge in [-0.1, -0.05) is 17.7 Å². The lowest BCUT2D eigenvalue weighted by Crippen LogP contribution is -2.26. The van der Waals surface area contributed by atoms with Crippen LogP contribution in [0.15, 0.2) is 24.3 Å². The van der Waals surface area contributed by atoms with Crippen LogP contribution in [0.4, 0.5) is 18.9 Å². The number of aromatic nitrogens is 2. The standard InChI is InChI=1S/C15H15ClF3N3O/c1-8-4-5-11(16)7-12(8)20-14(23)10(3)22-9(2)6-13(21-22)15(17,18)19/h4-7,10H,1-3H3,(H,20,23). The molecule has 1 amide bonds. The van der Waals surface area contributed by atoms with Gasteiger partial charge in [-0.05, 0) is 44.5 Å². The van der Waals surface area contributed by atoms with Crippen LogP contribution in [0.1, 0.15) is 29.9 Å². The summed E-state index contributed by atoms with van der Waals surface area (Å²) in [4.78, 5) is 12.3. The summed E-state index contributed by atoms with van der Waals surface area (Å²) in [7, 11) is 0. The lowest BCUT2D eigenvalue weighted by molar-refractivity contribution is -0.141. The van der Waals surface area contributed by atoms with Crippen molar-refractivity contribution < 1.29 is 18.0 Å². The number of nitrogens with one attached hydrogen (secondary N) is 1. The molecule has 0 saturated carbocycles. The normalized spacial score (nSPS) is 13.0. The Morgan fingerprint density at radius 3 is 2.52 bits per heavy atom. The highest BCUT2D eigenvalue weighted by Crippen LogP contribution is 2.29. The molecular formula is C15H15ClF3N3O. The van der Waals surface area contributed by atoms with Gasteiger partial charge < -0.3 is 5.32 Å². The molecule has 1 N–H and O–H groups in total. The fraction of sp³-hybridized carbons (Fsp3) is 0.333. The van der Waals surface area contributed by atoms with Crippen LogP contribution < -0.4 is 5.32 Å². The van der Waals surface area contributed by atoms with Crippen LogP contribution in [0, 0.1) is 13.8 Å². The smallest absolute Gasteiger partial charge is 0.324 e. The topological polar surface area (TPSA) is 46.9 Å². The van der Waals surface area contributed by atoms with E-state index in [1.807, 2.05) is 0 Å². The Morgan fingerprint density at radius 2 is 1.96 bits per heavy atom. The number of carbonyl (C=O) groups excluding carboxylic acids is 1. The average Bonchev–Trinajstić information content (AvgIpc) is 2.84. The average molecular weight is 346 g/mol. The molecular weight excluding hydrogens is 331 g/mol. The number of anilines is 1. The zero-order valence-electron chi connectivity index (χ0n) is 12.7. The third kappa shape index (κ3) is 3.85. The highest BCUT2D eigenvalue weighted by Gasteiger charge is 2.35. The molecule has 0 aliphatic rings.